The molecule has 1 N–H and O–H groups in total. The molecule has 1 rings (SSSR count). The molecule has 1 heterocycles. The van der Waals surface area contributed by atoms with E-state index in [1.807, 2.05) is 0 Å². The topological polar surface area (TPSA) is 115 Å². The maximum absolute atomic E-state index is 11.2. The second kappa shape index (κ2) is 4.40. The van der Waals surface area contributed by atoms with E-state index in [1.165, 1.54) is 6.92 Å². The zero-order valence-corrected chi connectivity index (χ0v) is 10.6. The minimum atomic E-state index is -3.32. The van der Waals surface area contributed by atoms with Crippen LogP contribution in [0.2, 0.25) is 0 Å². The van der Waals surface area contributed by atoms with Crippen molar-refractivity contribution < 1.29 is 18.3 Å². The molecule has 0 aliphatic heterocycles. The third-order valence-corrected chi connectivity index (χ3v) is 3.32. The molecule has 0 aliphatic rings. The average molecular weight is 262 g/mol. The van der Waals surface area contributed by atoms with Crippen molar-refractivity contribution in [3.05, 3.63) is 5.82 Å². The number of tetrazole rings is 1. The summed E-state index contributed by atoms with van der Waals surface area (Å²) in [6.45, 7) is 3.11. The van der Waals surface area contributed by atoms with Crippen LogP contribution in [0.3, 0.4) is 0 Å². The first-order valence-electron chi connectivity index (χ1n) is 4.89. The van der Waals surface area contributed by atoms with Crippen molar-refractivity contribution in [3.8, 4) is 0 Å². The van der Waals surface area contributed by atoms with Gasteiger partial charge in [0.15, 0.2) is 21.2 Å². The lowest BCUT2D eigenvalue weighted by Gasteiger charge is -2.23. The predicted octanol–water partition coefficient (Wildman–Crippen LogP) is -0.572. The Morgan fingerprint density at radius 1 is 1.53 bits per heavy atom. The van der Waals surface area contributed by atoms with Crippen LogP contribution in [0.1, 0.15) is 26.1 Å². The number of carboxylic acids is 1. The summed E-state index contributed by atoms with van der Waals surface area (Å²) in [5.74, 6) is -1.47. The van der Waals surface area contributed by atoms with Gasteiger partial charge in [-0.15, -0.1) is 5.10 Å². The van der Waals surface area contributed by atoms with Gasteiger partial charge < -0.3 is 5.11 Å². The third kappa shape index (κ3) is 2.78. The second-order valence-electron chi connectivity index (χ2n) is 4.01. The summed E-state index contributed by atoms with van der Waals surface area (Å²) in [7, 11) is -3.32. The molecule has 0 radical (unpaired) electrons. The molecular weight excluding hydrogens is 248 g/mol. The van der Waals surface area contributed by atoms with Crippen LogP contribution in [0, 0.1) is 0 Å². The first kappa shape index (κ1) is 13.6. The van der Waals surface area contributed by atoms with Crippen molar-refractivity contribution >= 4 is 15.8 Å². The van der Waals surface area contributed by atoms with E-state index in [4.69, 9.17) is 5.11 Å². The second-order valence-corrected chi connectivity index (χ2v) is 6.15. The molecule has 0 fully saturated rings. The SMILES string of the molecule is CCC(C)(C(=O)O)n1nnnc1CS(C)(=O)=O. The number of carbonyl (C=O) groups is 1. The highest BCUT2D eigenvalue weighted by Crippen LogP contribution is 2.21. The smallest absolute Gasteiger partial charge is 0.331 e. The van der Waals surface area contributed by atoms with E-state index in [0.717, 1.165) is 10.9 Å². The quantitative estimate of drug-likeness (QED) is 0.755. The Bertz CT molecular complexity index is 523. The van der Waals surface area contributed by atoms with Gasteiger partial charge in [0.25, 0.3) is 0 Å². The maximum atomic E-state index is 11.2. The minimum Gasteiger partial charge on any atom is -0.479 e. The maximum Gasteiger partial charge on any atom is 0.331 e. The first-order valence-corrected chi connectivity index (χ1v) is 6.95. The molecular formula is C8H14N4O4S. The molecule has 1 atom stereocenters. The highest BCUT2D eigenvalue weighted by molar-refractivity contribution is 7.89. The van der Waals surface area contributed by atoms with Gasteiger partial charge in [0.05, 0.1) is 0 Å². The van der Waals surface area contributed by atoms with Crippen LogP contribution in [0.25, 0.3) is 0 Å². The molecule has 0 saturated carbocycles. The number of nitrogens with zero attached hydrogens (tertiary/aromatic N) is 4. The Morgan fingerprint density at radius 3 is 2.53 bits per heavy atom. The van der Waals surface area contributed by atoms with Gasteiger partial charge >= 0.3 is 5.97 Å². The Morgan fingerprint density at radius 2 is 2.12 bits per heavy atom. The van der Waals surface area contributed by atoms with E-state index in [1.54, 1.807) is 6.92 Å². The number of hydrogen-bond donors (Lipinski definition) is 1. The van der Waals surface area contributed by atoms with Crippen LogP contribution in [-0.2, 0) is 25.9 Å². The van der Waals surface area contributed by atoms with E-state index in [-0.39, 0.29) is 18.0 Å². The van der Waals surface area contributed by atoms with Gasteiger partial charge in [-0.3, -0.25) is 0 Å². The molecule has 0 aromatic carbocycles. The number of aliphatic carboxylic acids is 1. The summed E-state index contributed by atoms with van der Waals surface area (Å²) in [5.41, 5.74) is -1.34. The minimum absolute atomic E-state index is 0.0271. The molecule has 8 nitrogen and oxygen atoms in total. The van der Waals surface area contributed by atoms with Crippen molar-refractivity contribution in [3.63, 3.8) is 0 Å². The van der Waals surface area contributed by atoms with Crippen LogP contribution in [0.4, 0.5) is 0 Å². The molecule has 1 aromatic rings. The van der Waals surface area contributed by atoms with E-state index in [9.17, 15) is 13.2 Å². The Hall–Kier alpha value is -1.51. The van der Waals surface area contributed by atoms with Crippen molar-refractivity contribution in [1.82, 2.24) is 20.2 Å². The van der Waals surface area contributed by atoms with Crippen LogP contribution in [0.5, 0.6) is 0 Å². The predicted molar refractivity (Wildman–Crippen MR) is 57.9 cm³/mol. The summed E-state index contributed by atoms with van der Waals surface area (Å²) in [4.78, 5) is 11.2. The zero-order chi connectivity index (χ0) is 13.3. The molecule has 1 unspecified atom stereocenters. The lowest BCUT2D eigenvalue weighted by atomic mass is 9.99. The Labute approximate surface area is 98.6 Å². The molecule has 0 saturated heterocycles. The van der Waals surface area contributed by atoms with E-state index >= 15 is 0 Å². The summed E-state index contributed by atoms with van der Waals surface area (Å²) in [6, 6.07) is 0. The van der Waals surface area contributed by atoms with Crippen molar-refractivity contribution in [2.45, 2.75) is 31.6 Å². The van der Waals surface area contributed by atoms with Crippen molar-refractivity contribution in [2.24, 2.45) is 0 Å². The fourth-order valence-electron chi connectivity index (χ4n) is 1.31. The summed E-state index contributed by atoms with van der Waals surface area (Å²) < 4.78 is 23.4. The van der Waals surface area contributed by atoms with Gasteiger partial charge in [0, 0.05) is 6.26 Å². The van der Waals surface area contributed by atoms with Crippen molar-refractivity contribution in [2.75, 3.05) is 6.26 Å². The number of carboxylic acid groups (broad SMARTS) is 1. The van der Waals surface area contributed by atoms with Crippen LogP contribution in [0.15, 0.2) is 0 Å². The summed E-state index contributed by atoms with van der Waals surface area (Å²) >= 11 is 0. The van der Waals surface area contributed by atoms with Crippen LogP contribution in [-0.4, -0.2) is 46.0 Å². The van der Waals surface area contributed by atoms with Crippen LogP contribution < -0.4 is 0 Å². The lowest BCUT2D eigenvalue weighted by molar-refractivity contribution is -0.147. The molecule has 17 heavy (non-hydrogen) atoms. The summed E-state index contributed by atoms with van der Waals surface area (Å²) in [5, 5.41) is 19.6. The zero-order valence-electron chi connectivity index (χ0n) is 9.78. The molecule has 9 heteroatoms. The Balaban J connectivity index is 3.24. The van der Waals surface area contributed by atoms with E-state index in [2.05, 4.69) is 15.5 Å². The van der Waals surface area contributed by atoms with Gasteiger partial charge in [0.2, 0.25) is 0 Å². The summed E-state index contributed by atoms with van der Waals surface area (Å²) in [6.07, 6.45) is 1.28. The van der Waals surface area contributed by atoms with Crippen molar-refractivity contribution in [1.29, 1.82) is 0 Å². The first-order chi connectivity index (χ1) is 7.70. The highest BCUT2D eigenvalue weighted by atomic mass is 32.2. The largest absolute Gasteiger partial charge is 0.479 e. The normalized spacial score (nSPS) is 15.5. The third-order valence-electron chi connectivity index (χ3n) is 2.54. The molecule has 0 aliphatic carbocycles. The van der Waals surface area contributed by atoms with Gasteiger partial charge in [-0.25, -0.2) is 17.9 Å². The molecule has 0 spiro atoms. The monoisotopic (exact) mass is 262 g/mol. The van der Waals surface area contributed by atoms with Gasteiger partial charge in [-0.05, 0) is 23.8 Å². The number of hydrogen-bond acceptors (Lipinski definition) is 6. The van der Waals surface area contributed by atoms with Gasteiger partial charge in [-0.1, -0.05) is 6.92 Å². The molecule has 0 amide bonds. The standard InChI is InChI=1S/C8H14N4O4S/c1-4-8(2,7(13)14)12-6(9-10-11-12)5-17(3,15)16/h4-5H2,1-3H3,(H,13,14). The lowest BCUT2D eigenvalue weighted by Crippen LogP contribution is -2.40. The number of sulfone groups is 1. The molecule has 1 aromatic heterocycles. The fraction of sp³-hybridized carbons (Fsp3) is 0.750. The Kier molecular flexibility index (Phi) is 3.51. The number of aromatic nitrogens is 4. The average Bonchev–Trinajstić information content (AvgIpc) is 2.62. The van der Waals surface area contributed by atoms with E-state index < -0.39 is 21.3 Å². The van der Waals surface area contributed by atoms with Crippen LogP contribution >= 0.6 is 0 Å². The fourth-order valence-corrected chi connectivity index (χ4v) is 1.95. The highest BCUT2D eigenvalue weighted by Gasteiger charge is 2.37. The number of rotatable bonds is 5. The van der Waals surface area contributed by atoms with Gasteiger partial charge in [-0.2, -0.15) is 0 Å². The van der Waals surface area contributed by atoms with Gasteiger partial charge in [0.1, 0.15) is 5.75 Å². The molecule has 0 bridgehead atoms. The van der Waals surface area contributed by atoms with E-state index in [0.29, 0.717) is 0 Å². The molecule has 96 valence electrons.